The van der Waals surface area contributed by atoms with E-state index in [0.717, 1.165) is 5.56 Å². The average molecular weight is 310 g/mol. The topological polar surface area (TPSA) is 77.8 Å². The highest BCUT2D eigenvalue weighted by Gasteiger charge is 2.56. The number of carbonyl (C=O) groups is 2. The number of aliphatic carboxylic acids is 1. The smallest absolute Gasteiger partial charge is 0.326 e. The Balaban J connectivity index is 1.87. The highest BCUT2D eigenvalue weighted by Crippen LogP contribution is 2.50. The predicted molar refractivity (Wildman–Crippen MR) is 76.1 cm³/mol. The standard InChI is InChI=1S/C15H16ClNO4/c16-10-3-1-9(2-4-10)15(5-6-15)14(21)17-8-11(18)7-12(17)13(19)20/h1-4,11-12,18H,5-8H2,(H,19,20)/t11-,12-/m0/s1. The fourth-order valence-electron chi connectivity index (χ4n) is 3.07. The van der Waals surface area contributed by atoms with Crippen LogP contribution in [0.2, 0.25) is 5.02 Å². The summed E-state index contributed by atoms with van der Waals surface area (Å²) < 4.78 is 0. The molecule has 21 heavy (non-hydrogen) atoms. The lowest BCUT2D eigenvalue weighted by atomic mass is 9.94. The van der Waals surface area contributed by atoms with Crippen molar-refractivity contribution in [1.82, 2.24) is 4.90 Å². The molecular formula is C15H16ClNO4. The minimum atomic E-state index is -1.06. The first kappa shape index (κ1) is 14.4. The number of benzene rings is 1. The summed E-state index contributed by atoms with van der Waals surface area (Å²) in [6.45, 7) is 0.0884. The number of carbonyl (C=O) groups excluding carboxylic acids is 1. The summed E-state index contributed by atoms with van der Waals surface area (Å²) in [4.78, 5) is 25.4. The van der Waals surface area contributed by atoms with E-state index in [-0.39, 0.29) is 18.9 Å². The number of halogens is 1. The van der Waals surface area contributed by atoms with Crippen LogP contribution in [0, 0.1) is 0 Å². The van der Waals surface area contributed by atoms with Crippen LogP contribution in [0.15, 0.2) is 24.3 Å². The van der Waals surface area contributed by atoms with Gasteiger partial charge in [0.15, 0.2) is 0 Å². The number of aliphatic hydroxyl groups is 1. The zero-order valence-corrected chi connectivity index (χ0v) is 12.1. The highest BCUT2D eigenvalue weighted by atomic mass is 35.5. The molecule has 1 aromatic carbocycles. The van der Waals surface area contributed by atoms with E-state index in [0.29, 0.717) is 17.9 Å². The van der Waals surface area contributed by atoms with Crippen molar-refractivity contribution >= 4 is 23.5 Å². The van der Waals surface area contributed by atoms with Crippen LogP contribution < -0.4 is 0 Å². The summed E-state index contributed by atoms with van der Waals surface area (Å²) in [5.74, 6) is -1.26. The largest absolute Gasteiger partial charge is 0.480 e. The van der Waals surface area contributed by atoms with Crippen LogP contribution in [0.25, 0.3) is 0 Å². The lowest BCUT2D eigenvalue weighted by Crippen LogP contribution is -2.45. The molecule has 1 heterocycles. The maximum absolute atomic E-state index is 12.8. The summed E-state index contributed by atoms with van der Waals surface area (Å²) in [6.07, 6.45) is 0.729. The van der Waals surface area contributed by atoms with Gasteiger partial charge in [0.25, 0.3) is 0 Å². The molecule has 1 saturated carbocycles. The molecule has 2 atom stereocenters. The molecule has 1 aromatic rings. The van der Waals surface area contributed by atoms with Gasteiger partial charge in [0.2, 0.25) is 5.91 Å². The molecule has 1 aliphatic heterocycles. The van der Waals surface area contributed by atoms with Gasteiger partial charge in [0.05, 0.1) is 11.5 Å². The van der Waals surface area contributed by atoms with E-state index in [9.17, 15) is 19.8 Å². The SMILES string of the molecule is O=C(O)[C@@H]1C[C@H](O)CN1C(=O)C1(c2ccc(Cl)cc2)CC1. The molecule has 2 N–H and O–H groups in total. The van der Waals surface area contributed by atoms with E-state index < -0.39 is 23.5 Å². The van der Waals surface area contributed by atoms with Crippen molar-refractivity contribution in [1.29, 1.82) is 0 Å². The first-order valence-electron chi connectivity index (χ1n) is 6.92. The number of carboxylic acid groups (broad SMARTS) is 1. The molecule has 0 aromatic heterocycles. The number of amides is 1. The number of β-amino-alcohol motifs (C(OH)–C–C–N with tert-alkyl or cyclic N) is 1. The van der Waals surface area contributed by atoms with E-state index in [1.165, 1.54) is 4.90 Å². The molecule has 0 bridgehead atoms. The van der Waals surface area contributed by atoms with Crippen LogP contribution >= 0.6 is 11.6 Å². The second-order valence-electron chi connectivity index (χ2n) is 5.79. The quantitative estimate of drug-likeness (QED) is 0.885. The van der Waals surface area contributed by atoms with Crippen LogP contribution in [0.1, 0.15) is 24.8 Å². The molecule has 6 heteroatoms. The molecule has 1 amide bonds. The normalized spacial score (nSPS) is 26.7. The van der Waals surface area contributed by atoms with Crippen molar-refractivity contribution in [3.63, 3.8) is 0 Å². The molecule has 5 nitrogen and oxygen atoms in total. The predicted octanol–water partition coefficient (Wildman–Crippen LogP) is 1.42. The van der Waals surface area contributed by atoms with E-state index in [1.807, 2.05) is 12.1 Å². The number of likely N-dealkylation sites (tertiary alicyclic amines) is 1. The van der Waals surface area contributed by atoms with Gasteiger partial charge in [-0.05, 0) is 30.5 Å². The minimum Gasteiger partial charge on any atom is -0.480 e. The average Bonchev–Trinajstić information content (AvgIpc) is 3.15. The second-order valence-corrected chi connectivity index (χ2v) is 6.23. The van der Waals surface area contributed by atoms with Crippen molar-refractivity contribution in [2.75, 3.05) is 6.54 Å². The van der Waals surface area contributed by atoms with Crippen molar-refractivity contribution in [3.8, 4) is 0 Å². The Hall–Kier alpha value is -1.59. The summed E-state index contributed by atoms with van der Waals surface area (Å²) in [6, 6.07) is 6.16. The Bertz CT molecular complexity index is 582. The maximum atomic E-state index is 12.8. The van der Waals surface area contributed by atoms with Gasteiger partial charge in [0.1, 0.15) is 6.04 Å². The minimum absolute atomic E-state index is 0.0884. The van der Waals surface area contributed by atoms with Gasteiger partial charge in [-0.2, -0.15) is 0 Å². The van der Waals surface area contributed by atoms with Crippen molar-refractivity contribution in [2.24, 2.45) is 0 Å². The number of rotatable bonds is 3. The third-order valence-corrected chi connectivity index (χ3v) is 4.63. The molecule has 2 fully saturated rings. The third kappa shape index (κ3) is 2.40. The lowest BCUT2D eigenvalue weighted by molar-refractivity contribution is -0.149. The molecule has 0 spiro atoms. The fraction of sp³-hybridized carbons (Fsp3) is 0.467. The first-order valence-corrected chi connectivity index (χ1v) is 7.30. The van der Waals surface area contributed by atoms with E-state index in [4.69, 9.17) is 11.6 Å². The van der Waals surface area contributed by atoms with Crippen LogP contribution in [-0.2, 0) is 15.0 Å². The van der Waals surface area contributed by atoms with Gasteiger partial charge in [-0.3, -0.25) is 4.79 Å². The molecule has 0 radical (unpaired) electrons. The Labute approximate surface area is 127 Å². The van der Waals surface area contributed by atoms with Gasteiger partial charge in [-0.15, -0.1) is 0 Å². The van der Waals surface area contributed by atoms with Gasteiger partial charge in [-0.1, -0.05) is 23.7 Å². The zero-order chi connectivity index (χ0) is 15.2. The second kappa shape index (κ2) is 5.00. The van der Waals surface area contributed by atoms with Crippen LogP contribution in [-0.4, -0.2) is 45.7 Å². The van der Waals surface area contributed by atoms with Gasteiger partial charge < -0.3 is 15.1 Å². The Morgan fingerprint density at radius 1 is 1.24 bits per heavy atom. The highest BCUT2D eigenvalue weighted by molar-refractivity contribution is 6.30. The number of hydrogen-bond donors (Lipinski definition) is 2. The van der Waals surface area contributed by atoms with Crippen molar-refractivity contribution in [3.05, 3.63) is 34.9 Å². The lowest BCUT2D eigenvalue weighted by Gasteiger charge is -2.26. The molecular weight excluding hydrogens is 294 g/mol. The molecule has 3 rings (SSSR count). The molecule has 1 aliphatic carbocycles. The summed E-state index contributed by atoms with van der Waals surface area (Å²) in [7, 11) is 0. The van der Waals surface area contributed by atoms with E-state index in [1.54, 1.807) is 12.1 Å². The number of aliphatic hydroxyl groups excluding tert-OH is 1. The molecule has 0 unspecified atom stereocenters. The summed E-state index contributed by atoms with van der Waals surface area (Å²) >= 11 is 5.87. The monoisotopic (exact) mass is 309 g/mol. The van der Waals surface area contributed by atoms with Gasteiger partial charge in [-0.25, -0.2) is 4.79 Å². The van der Waals surface area contributed by atoms with Crippen LogP contribution in [0.5, 0.6) is 0 Å². The zero-order valence-electron chi connectivity index (χ0n) is 11.3. The van der Waals surface area contributed by atoms with Gasteiger partial charge in [0, 0.05) is 18.0 Å². The molecule has 1 saturated heterocycles. The Morgan fingerprint density at radius 2 is 1.86 bits per heavy atom. The summed E-state index contributed by atoms with van der Waals surface area (Å²) in [5.41, 5.74) is 0.227. The van der Waals surface area contributed by atoms with Crippen LogP contribution in [0.3, 0.4) is 0 Å². The van der Waals surface area contributed by atoms with Crippen LogP contribution in [0.4, 0.5) is 0 Å². The fourth-order valence-corrected chi connectivity index (χ4v) is 3.19. The molecule has 112 valence electrons. The van der Waals surface area contributed by atoms with E-state index in [2.05, 4.69) is 0 Å². The Morgan fingerprint density at radius 3 is 2.38 bits per heavy atom. The third-order valence-electron chi connectivity index (χ3n) is 4.38. The van der Waals surface area contributed by atoms with Crippen molar-refractivity contribution in [2.45, 2.75) is 36.8 Å². The maximum Gasteiger partial charge on any atom is 0.326 e. The molecule has 2 aliphatic rings. The number of nitrogens with zero attached hydrogens (tertiary/aromatic N) is 1. The summed E-state index contributed by atoms with van der Waals surface area (Å²) in [5, 5.41) is 19.5. The van der Waals surface area contributed by atoms with Crippen molar-refractivity contribution < 1.29 is 19.8 Å². The Kier molecular flexibility index (Phi) is 3.42. The number of carboxylic acids is 1. The van der Waals surface area contributed by atoms with Gasteiger partial charge >= 0.3 is 5.97 Å². The number of hydrogen-bond acceptors (Lipinski definition) is 3. The first-order chi connectivity index (χ1) is 9.94. The van der Waals surface area contributed by atoms with E-state index >= 15 is 0 Å².